The van der Waals surface area contributed by atoms with Gasteiger partial charge in [-0.2, -0.15) is 0 Å². The van der Waals surface area contributed by atoms with Crippen LogP contribution in [0.5, 0.6) is 0 Å². The van der Waals surface area contributed by atoms with Gasteiger partial charge < -0.3 is 10.4 Å². The molecule has 0 aliphatic heterocycles. The molecular weight excluding hydrogens is 270 g/mol. The molecule has 84 valence electrons. The van der Waals surface area contributed by atoms with Gasteiger partial charge in [0.2, 0.25) is 0 Å². The molecule has 1 aromatic rings. The SMILES string of the molecule is CC#CCCNc1ccc(C(=O)O)c(Br)c1. The molecule has 0 heterocycles. The lowest BCUT2D eigenvalue weighted by molar-refractivity contribution is 0.0696. The molecule has 1 rings (SSSR count). The van der Waals surface area contributed by atoms with Crippen LogP contribution in [0.4, 0.5) is 5.69 Å². The largest absolute Gasteiger partial charge is 0.478 e. The van der Waals surface area contributed by atoms with E-state index in [2.05, 4.69) is 33.1 Å². The van der Waals surface area contributed by atoms with Gasteiger partial charge in [-0.1, -0.05) is 0 Å². The molecular formula is C12H12BrNO2. The van der Waals surface area contributed by atoms with Crippen molar-refractivity contribution in [3.8, 4) is 11.8 Å². The van der Waals surface area contributed by atoms with Gasteiger partial charge in [-0.05, 0) is 41.1 Å². The van der Waals surface area contributed by atoms with Crippen LogP contribution in [0.1, 0.15) is 23.7 Å². The Bertz CT molecular complexity index is 446. The molecule has 0 bridgehead atoms. The van der Waals surface area contributed by atoms with Crippen LogP contribution in [-0.4, -0.2) is 17.6 Å². The smallest absolute Gasteiger partial charge is 0.336 e. The van der Waals surface area contributed by atoms with Gasteiger partial charge in [-0.3, -0.25) is 0 Å². The molecule has 4 heteroatoms. The van der Waals surface area contributed by atoms with E-state index in [4.69, 9.17) is 5.11 Å². The van der Waals surface area contributed by atoms with Crippen molar-refractivity contribution < 1.29 is 9.90 Å². The average molecular weight is 282 g/mol. The Morgan fingerprint density at radius 3 is 2.88 bits per heavy atom. The number of carboxylic acid groups (broad SMARTS) is 1. The molecule has 0 unspecified atom stereocenters. The van der Waals surface area contributed by atoms with Crippen molar-refractivity contribution in [2.24, 2.45) is 0 Å². The summed E-state index contributed by atoms with van der Waals surface area (Å²) in [4.78, 5) is 10.8. The van der Waals surface area contributed by atoms with Gasteiger partial charge in [0.05, 0.1) is 5.56 Å². The second-order valence-corrected chi connectivity index (χ2v) is 3.96. The number of hydrogen-bond acceptors (Lipinski definition) is 2. The molecule has 0 spiro atoms. The molecule has 0 aromatic heterocycles. The van der Waals surface area contributed by atoms with Crippen molar-refractivity contribution in [3.63, 3.8) is 0 Å². The van der Waals surface area contributed by atoms with Crippen LogP contribution in [0.25, 0.3) is 0 Å². The molecule has 2 N–H and O–H groups in total. The quantitative estimate of drug-likeness (QED) is 0.659. The fraction of sp³-hybridized carbons (Fsp3) is 0.250. The number of anilines is 1. The highest BCUT2D eigenvalue weighted by Crippen LogP contribution is 2.21. The van der Waals surface area contributed by atoms with E-state index in [1.165, 1.54) is 0 Å². The maximum Gasteiger partial charge on any atom is 0.336 e. The third-order valence-corrected chi connectivity index (χ3v) is 2.61. The van der Waals surface area contributed by atoms with E-state index in [1.807, 2.05) is 0 Å². The highest BCUT2D eigenvalue weighted by atomic mass is 79.9. The molecule has 3 nitrogen and oxygen atoms in total. The summed E-state index contributed by atoms with van der Waals surface area (Å²) in [6.45, 7) is 2.55. The van der Waals surface area contributed by atoms with Crippen molar-refractivity contribution in [3.05, 3.63) is 28.2 Å². The van der Waals surface area contributed by atoms with E-state index in [0.717, 1.165) is 18.7 Å². The molecule has 0 aliphatic carbocycles. The third kappa shape index (κ3) is 3.59. The van der Waals surface area contributed by atoms with Crippen LogP contribution in [0.15, 0.2) is 22.7 Å². The molecule has 0 fully saturated rings. The number of carboxylic acids is 1. The van der Waals surface area contributed by atoms with Crippen LogP contribution in [-0.2, 0) is 0 Å². The van der Waals surface area contributed by atoms with Gasteiger partial charge in [0.1, 0.15) is 0 Å². The molecule has 0 atom stereocenters. The van der Waals surface area contributed by atoms with Gasteiger partial charge in [0.25, 0.3) is 0 Å². The minimum atomic E-state index is -0.935. The van der Waals surface area contributed by atoms with Crippen LogP contribution >= 0.6 is 15.9 Å². The fourth-order valence-corrected chi connectivity index (χ4v) is 1.74. The minimum absolute atomic E-state index is 0.263. The summed E-state index contributed by atoms with van der Waals surface area (Å²) in [6.07, 6.45) is 0.773. The van der Waals surface area contributed by atoms with Crippen LogP contribution in [0, 0.1) is 11.8 Å². The first-order chi connectivity index (χ1) is 7.65. The van der Waals surface area contributed by atoms with Crippen molar-refractivity contribution in [2.45, 2.75) is 13.3 Å². The van der Waals surface area contributed by atoms with E-state index < -0.39 is 5.97 Å². The zero-order valence-corrected chi connectivity index (χ0v) is 10.5. The monoisotopic (exact) mass is 281 g/mol. The summed E-state index contributed by atoms with van der Waals surface area (Å²) < 4.78 is 0.576. The van der Waals surface area contributed by atoms with E-state index in [0.29, 0.717) is 4.47 Å². The molecule has 0 saturated carbocycles. The molecule has 0 radical (unpaired) electrons. The Kier molecular flexibility index (Phi) is 4.87. The summed E-state index contributed by atoms with van der Waals surface area (Å²) in [7, 11) is 0. The van der Waals surface area contributed by atoms with Crippen molar-refractivity contribution in [1.82, 2.24) is 0 Å². The second-order valence-electron chi connectivity index (χ2n) is 3.10. The Morgan fingerprint density at radius 1 is 1.56 bits per heavy atom. The van der Waals surface area contributed by atoms with E-state index in [1.54, 1.807) is 25.1 Å². The number of carbonyl (C=O) groups is 1. The van der Waals surface area contributed by atoms with E-state index in [9.17, 15) is 4.79 Å². The average Bonchev–Trinajstić information content (AvgIpc) is 2.24. The molecule has 0 amide bonds. The topological polar surface area (TPSA) is 49.3 Å². The highest BCUT2D eigenvalue weighted by molar-refractivity contribution is 9.10. The number of rotatable bonds is 4. The van der Waals surface area contributed by atoms with Gasteiger partial charge in [0.15, 0.2) is 0 Å². The number of hydrogen-bond donors (Lipinski definition) is 2. The molecule has 0 aliphatic rings. The molecule has 16 heavy (non-hydrogen) atoms. The number of halogens is 1. The van der Waals surface area contributed by atoms with Crippen molar-refractivity contribution in [1.29, 1.82) is 0 Å². The number of benzene rings is 1. The highest BCUT2D eigenvalue weighted by Gasteiger charge is 2.07. The Hall–Kier alpha value is -1.47. The Morgan fingerprint density at radius 2 is 2.31 bits per heavy atom. The second kappa shape index (κ2) is 6.19. The van der Waals surface area contributed by atoms with Crippen molar-refractivity contribution >= 4 is 27.6 Å². The first kappa shape index (κ1) is 12.6. The lowest BCUT2D eigenvalue weighted by atomic mass is 10.2. The fourth-order valence-electron chi connectivity index (χ4n) is 1.19. The first-order valence-corrected chi connectivity index (χ1v) is 5.60. The summed E-state index contributed by atoms with van der Waals surface area (Å²) in [5, 5.41) is 12.0. The van der Waals surface area contributed by atoms with Crippen LogP contribution in [0.2, 0.25) is 0 Å². The van der Waals surface area contributed by atoms with Gasteiger partial charge >= 0.3 is 5.97 Å². The third-order valence-electron chi connectivity index (χ3n) is 1.96. The van der Waals surface area contributed by atoms with Gasteiger partial charge in [-0.25, -0.2) is 4.79 Å². The predicted octanol–water partition coefficient (Wildman–Crippen LogP) is 2.97. The Balaban J connectivity index is 2.65. The lowest BCUT2D eigenvalue weighted by Gasteiger charge is -2.06. The minimum Gasteiger partial charge on any atom is -0.478 e. The van der Waals surface area contributed by atoms with E-state index in [-0.39, 0.29) is 5.56 Å². The van der Waals surface area contributed by atoms with Gasteiger partial charge in [-0.15, -0.1) is 11.8 Å². The molecule has 0 saturated heterocycles. The number of aromatic carboxylic acids is 1. The maximum atomic E-state index is 10.8. The standard InChI is InChI=1S/C12H12BrNO2/c1-2-3-4-7-14-9-5-6-10(12(15)16)11(13)8-9/h5-6,8,14H,4,7H2,1H3,(H,15,16). The lowest BCUT2D eigenvalue weighted by Crippen LogP contribution is -2.02. The zero-order chi connectivity index (χ0) is 12.0. The predicted molar refractivity (Wildman–Crippen MR) is 67.7 cm³/mol. The molecule has 1 aromatic carbocycles. The van der Waals surface area contributed by atoms with Crippen LogP contribution < -0.4 is 5.32 Å². The maximum absolute atomic E-state index is 10.8. The number of nitrogens with one attached hydrogen (secondary N) is 1. The van der Waals surface area contributed by atoms with E-state index >= 15 is 0 Å². The summed E-state index contributed by atoms with van der Waals surface area (Å²) in [5.74, 6) is 4.82. The van der Waals surface area contributed by atoms with Crippen molar-refractivity contribution in [2.75, 3.05) is 11.9 Å². The summed E-state index contributed by atoms with van der Waals surface area (Å²) in [6, 6.07) is 5.07. The van der Waals surface area contributed by atoms with Crippen LogP contribution in [0.3, 0.4) is 0 Å². The summed E-state index contributed by atoms with van der Waals surface area (Å²) in [5.41, 5.74) is 1.15. The van der Waals surface area contributed by atoms with Gasteiger partial charge in [0, 0.05) is 23.1 Å². The Labute approximate surface area is 103 Å². The summed E-state index contributed by atoms with van der Waals surface area (Å²) >= 11 is 3.22. The normalized spacial score (nSPS) is 9.12. The zero-order valence-electron chi connectivity index (χ0n) is 8.88. The first-order valence-electron chi connectivity index (χ1n) is 4.81.